The third kappa shape index (κ3) is 1.99. The third-order valence-electron chi connectivity index (χ3n) is 3.33. The lowest BCUT2D eigenvalue weighted by Crippen LogP contribution is -2.12. The highest BCUT2D eigenvalue weighted by Gasteiger charge is 2.20. The third-order valence-corrected chi connectivity index (χ3v) is 4.54. The molecule has 94 valence electrons. The average Bonchev–Trinajstić information content (AvgIpc) is 2.82. The Hall–Kier alpha value is -1.49. The van der Waals surface area contributed by atoms with Gasteiger partial charge >= 0.3 is 5.97 Å². The minimum absolute atomic E-state index is 0.310. The number of carboxylic acid groups (broad SMARTS) is 1. The molecule has 4 nitrogen and oxygen atoms in total. The number of imidazole rings is 1. The van der Waals surface area contributed by atoms with Crippen molar-refractivity contribution < 1.29 is 9.90 Å². The van der Waals surface area contributed by atoms with Crippen molar-refractivity contribution in [3.05, 3.63) is 35.9 Å². The molecule has 1 atom stereocenters. The van der Waals surface area contributed by atoms with Crippen molar-refractivity contribution in [1.82, 2.24) is 9.38 Å². The predicted octanol–water partition coefficient (Wildman–Crippen LogP) is 2.64. The Bertz CT molecular complexity index is 588. The number of nitrogens with zero attached hydrogens (tertiary/aromatic N) is 2. The van der Waals surface area contributed by atoms with Crippen LogP contribution in [0.3, 0.4) is 0 Å². The molecule has 3 heterocycles. The van der Waals surface area contributed by atoms with Crippen molar-refractivity contribution in [2.24, 2.45) is 0 Å². The maximum Gasteiger partial charge on any atom is 0.337 e. The summed E-state index contributed by atoms with van der Waals surface area (Å²) in [6, 6.07) is 3.44. The van der Waals surface area contributed by atoms with Gasteiger partial charge in [0.15, 0.2) is 0 Å². The second-order valence-corrected chi connectivity index (χ2v) is 5.70. The van der Waals surface area contributed by atoms with E-state index in [1.54, 1.807) is 12.3 Å². The van der Waals surface area contributed by atoms with Crippen LogP contribution >= 0.6 is 11.8 Å². The summed E-state index contributed by atoms with van der Waals surface area (Å²) >= 11 is 1.95. The first-order valence-electron chi connectivity index (χ1n) is 6.04. The summed E-state index contributed by atoms with van der Waals surface area (Å²) in [6.07, 6.45) is 5.85. The minimum Gasteiger partial charge on any atom is -0.478 e. The van der Waals surface area contributed by atoms with Crippen LogP contribution in [0, 0.1) is 0 Å². The zero-order chi connectivity index (χ0) is 12.5. The number of fused-ring (bicyclic) bond motifs is 1. The van der Waals surface area contributed by atoms with Crippen LogP contribution in [0.15, 0.2) is 24.5 Å². The average molecular weight is 262 g/mol. The molecule has 1 aliphatic rings. The fraction of sp³-hybridized carbons (Fsp3) is 0.385. The topological polar surface area (TPSA) is 54.6 Å². The van der Waals surface area contributed by atoms with Crippen LogP contribution in [0.4, 0.5) is 0 Å². The summed E-state index contributed by atoms with van der Waals surface area (Å²) in [5.41, 5.74) is 1.27. The van der Waals surface area contributed by atoms with Gasteiger partial charge in [0.05, 0.1) is 17.3 Å². The smallest absolute Gasteiger partial charge is 0.337 e. The lowest BCUT2D eigenvalue weighted by molar-refractivity contribution is 0.0696. The monoisotopic (exact) mass is 262 g/mol. The van der Waals surface area contributed by atoms with Gasteiger partial charge in [-0.05, 0) is 30.7 Å². The second-order valence-electron chi connectivity index (χ2n) is 4.55. The number of pyridine rings is 1. The minimum atomic E-state index is -0.894. The lowest BCUT2D eigenvalue weighted by Gasteiger charge is -2.20. The first-order valence-corrected chi connectivity index (χ1v) is 7.19. The summed E-state index contributed by atoms with van der Waals surface area (Å²) in [5, 5.41) is 9.05. The normalized spacial score (nSPS) is 20.1. The van der Waals surface area contributed by atoms with Crippen LogP contribution in [0.2, 0.25) is 0 Å². The van der Waals surface area contributed by atoms with E-state index >= 15 is 0 Å². The van der Waals surface area contributed by atoms with Crippen molar-refractivity contribution in [3.63, 3.8) is 0 Å². The molecule has 0 aromatic carbocycles. The van der Waals surface area contributed by atoms with Crippen molar-refractivity contribution in [1.29, 1.82) is 0 Å². The van der Waals surface area contributed by atoms with Crippen LogP contribution in [0.5, 0.6) is 0 Å². The number of thioether (sulfide) groups is 1. The van der Waals surface area contributed by atoms with Crippen LogP contribution < -0.4 is 0 Å². The summed E-state index contributed by atoms with van der Waals surface area (Å²) in [7, 11) is 0. The van der Waals surface area contributed by atoms with Crippen LogP contribution in [0.25, 0.3) is 5.52 Å². The molecule has 5 heteroatoms. The fourth-order valence-corrected chi connectivity index (χ4v) is 3.52. The van der Waals surface area contributed by atoms with Gasteiger partial charge < -0.3 is 9.51 Å². The molecule has 0 aliphatic carbocycles. The molecule has 0 radical (unpaired) electrons. The summed E-state index contributed by atoms with van der Waals surface area (Å²) in [6.45, 7) is 0. The first-order chi connectivity index (χ1) is 8.75. The van der Waals surface area contributed by atoms with Crippen LogP contribution in [0.1, 0.15) is 34.9 Å². The molecule has 1 saturated heterocycles. The first kappa shape index (κ1) is 11.6. The number of aromatic nitrogens is 2. The van der Waals surface area contributed by atoms with Gasteiger partial charge in [-0.2, -0.15) is 11.8 Å². The molecular weight excluding hydrogens is 248 g/mol. The Kier molecular flexibility index (Phi) is 2.99. The zero-order valence-electron chi connectivity index (χ0n) is 9.87. The molecular formula is C13H14N2O2S. The van der Waals surface area contributed by atoms with Gasteiger partial charge in [-0.3, -0.25) is 0 Å². The van der Waals surface area contributed by atoms with E-state index < -0.39 is 5.97 Å². The van der Waals surface area contributed by atoms with E-state index in [4.69, 9.17) is 5.11 Å². The number of rotatable bonds is 2. The van der Waals surface area contributed by atoms with Gasteiger partial charge in [0, 0.05) is 17.9 Å². The number of carboxylic acids is 1. The molecule has 2 aromatic heterocycles. The van der Waals surface area contributed by atoms with E-state index in [-0.39, 0.29) is 0 Å². The molecule has 1 aliphatic heterocycles. The maximum atomic E-state index is 11.0. The maximum absolute atomic E-state index is 11.0. The predicted molar refractivity (Wildman–Crippen MR) is 71.5 cm³/mol. The van der Waals surface area contributed by atoms with Gasteiger partial charge in [0.1, 0.15) is 5.82 Å². The summed E-state index contributed by atoms with van der Waals surface area (Å²) in [4.78, 5) is 15.5. The molecule has 0 saturated carbocycles. The SMILES string of the molecule is O=C(O)c1ccc2cnc(C3CCCSC3)n2c1. The molecule has 2 aromatic rings. The Morgan fingerprint density at radius 2 is 2.39 bits per heavy atom. The van der Waals surface area contributed by atoms with E-state index in [2.05, 4.69) is 4.98 Å². The molecule has 0 bridgehead atoms. The van der Waals surface area contributed by atoms with Crippen molar-refractivity contribution in [2.75, 3.05) is 11.5 Å². The Labute approximate surface area is 109 Å². The number of hydrogen-bond donors (Lipinski definition) is 1. The molecule has 0 amide bonds. The number of aromatic carboxylic acids is 1. The number of carbonyl (C=O) groups is 1. The van der Waals surface area contributed by atoms with E-state index in [1.165, 1.54) is 12.2 Å². The largest absolute Gasteiger partial charge is 0.478 e. The van der Waals surface area contributed by atoms with Crippen LogP contribution in [-0.2, 0) is 0 Å². The molecule has 1 unspecified atom stereocenters. The molecule has 1 N–H and O–H groups in total. The zero-order valence-corrected chi connectivity index (χ0v) is 10.7. The summed E-state index contributed by atoms with van der Waals surface area (Å²) in [5.74, 6) is 2.85. The van der Waals surface area contributed by atoms with E-state index in [1.807, 2.05) is 28.4 Å². The van der Waals surface area contributed by atoms with Gasteiger partial charge in [0.25, 0.3) is 0 Å². The van der Waals surface area contributed by atoms with E-state index in [0.29, 0.717) is 11.5 Å². The van der Waals surface area contributed by atoms with Gasteiger partial charge in [0.2, 0.25) is 0 Å². The highest BCUT2D eigenvalue weighted by atomic mass is 32.2. The highest BCUT2D eigenvalue weighted by Crippen LogP contribution is 2.30. The molecule has 3 rings (SSSR count). The molecule has 18 heavy (non-hydrogen) atoms. The van der Waals surface area contributed by atoms with E-state index in [9.17, 15) is 4.79 Å². The van der Waals surface area contributed by atoms with Crippen molar-refractivity contribution in [2.45, 2.75) is 18.8 Å². The van der Waals surface area contributed by atoms with Crippen molar-refractivity contribution in [3.8, 4) is 0 Å². The molecule has 1 fully saturated rings. The fourth-order valence-electron chi connectivity index (χ4n) is 2.38. The van der Waals surface area contributed by atoms with Gasteiger partial charge in [-0.1, -0.05) is 0 Å². The van der Waals surface area contributed by atoms with Crippen molar-refractivity contribution >= 4 is 23.2 Å². The molecule has 0 spiro atoms. The van der Waals surface area contributed by atoms with Gasteiger partial charge in [-0.15, -0.1) is 0 Å². The quantitative estimate of drug-likeness (QED) is 0.904. The Balaban J connectivity index is 2.05. The Morgan fingerprint density at radius 1 is 1.50 bits per heavy atom. The van der Waals surface area contributed by atoms with Gasteiger partial charge in [-0.25, -0.2) is 9.78 Å². The van der Waals surface area contributed by atoms with E-state index in [0.717, 1.165) is 23.5 Å². The number of hydrogen-bond acceptors (Lipinski definition) is 3. The van der Waals surface area contributed by atoms with Crippen LogP contribution in [-0.4, -0.2) is 32.0 Å². The second kappa shape index (κ2) is 4.65. The standard InChI is InChI=1S/C13H14N2O2S/c16-13(17)9-3-4-11-6-14-12(15(11)7-9)10-2-1-5-18-8-10/h3-4,6-7,10H,1-2,5,8H2,(H,16,17). The highest BCUT2D eigenvalue weighted by molar-refractivity contribution is 7.99. The Morgan fingerprint density at radius 3 is 3.11 bits per heavy atom. The lowest BCUT2D eigenvalue weighted by atomic mass is 10.0. The summed E-state index contributed by atoms with van der Waals surface area (Å²) < 4.78 is 1.93.